The average Bonchev–Trinajstić information content (AvgIpc) is 3.14. The van der Waals surface area contributed by atoms with Gasteiger partial charge in [0, 0.05) is 6.54 Å². The standard InChI is InChI=1S/C16H17FN4O3/c1-16(15(23)24)6-3-7-21(16)14(22)13-10-20(19-18-13)9-11-4-2-5-12(17)8-11/h2,4-5,8,10H,3,6-7,9H2,1H3,(H,23,24). The number of likely N-dealkylation sites (tertiary alicyclic amines) is 1. The molecule has 1 amide bonds. The zero-order valence-corrected chi connectivity index (χ0v) is 13.1. The molecule has 0 bridgehead atoms. The van der Waals surface area contributed by atoms with Gasteiger partial charge in [-0.1, -0.05) is 17.3 Å². The first-order chi connectivity index (χ1) is 11.4. The van der Waals surface area contributed by atoms with Crippen LogP contribution in [0.4, 0.5) is 4.39 Å². The van der Waals surface area contributed by atoms with E-state index in [1.807, 2.05) is 0 Å². The molecule has 1 unspecified atom stereocenters. The van der Waals surface area contributed by atoms with Gasteiger partial charge in [0.15, 0.2) is 5.69 Å². The van der Waals surface area contributed by atoms with Crippen molar-refractivity contribution in [3.05, 3.63) is 47.5 Å². The van der Waals surface area contributed by atoms with Crippen molar-refractivity contribution >= 4 is 11.9 Å². The highest BCUT2D eigenvalue weighted by atomic mass is 19.1. The van der Waals surface area contributed by atoms with Gasteiger partial charge in [-0.3, -0.25) is 4.79 Å². The lowest BCUT2D eigenvalue weighted by atomic mass is 9.99. The van der Waals surface area contributed by atoms with Crippen LogP contribution in [0.25, 0.3) is 0 Å². The highest BCUT2D eigenvalue weighted by Crippen LogP contribution is 2.30. The lowest BCUT2D eigenvalue weighted by Crippen LogP contribution is -2.50. The van der Waals surface area contributed by atoms with Crippen molar-refractivity contribution in [2.45, 2.75) is 31.8 Å². The highest BCUT2D eigenvalue weighted by Gasteiger charge is 2.46. The minimum absolute atomic E-state index is 0.0841. The highest BCUT2D eigenvalue weighted by molar-refractivity contribution is 5.96. The number of aliphatic carboxylic acids is 1. The summed E-state index contributed by atoms with van der Waals surface area (Å²) in [4.78, 5) is 25.4. The summed E-state index contributed by atoms with van der Waals surface area (Å²) < 4.78 is 14.6. The van der Waals surface area contributed by atoms with E-state index in [4.69, 9.17) is 0 Å². The maximum absolute atomic E-state index is 13.2. The molecule has 1 aliphatic heterocycles. The maximum atomic E-state index is 13.2. The van der Waals surface area contributed by atoms with Gasteiger partial charge in [-0.2, -0.15) is 0 Å². The van der Waals surface area contributed by atoms with Gasteiger partial charge in [-0.05, 0) is 37.5 Å². The number of carbonyl (C=O) groups is 2. The summed E-state index contributed by atoms with van der Waals surface area (Å²) in [7, 11) is 0. The number of rotatable bonds is 4. The molecule has 0 radical (unpaired) electrons. The SMILES string of the molecule is CC1(C(=O)O)CCCN1C(=O)c1cn(Cc2cccc(F)c2)nn1. The van der Waals surface area contributed by atoms with Crippen LogP contribution in [-0.4, -0.2) is 49.0 Å². The van der Waals surface area contributed by atoms with Gasteiger partial charge in [0.1, 0.15) is 11.4 Å². The molecule has 8 heteroatoms. The number of nitrogens with zero attached hydrogens (tertiary/aromatic N) is 4. The van der Waals surface area contributed by atoms with Crippen molar-refractivity contribution in [1.82, 2.24) is 19.9 Å². The number of hydrogen-bond donors (Lipinski definition) is 1. The molecule has 0 spiro atoms. The summed E-state index contributed by atoms with van der Waals surface area (Å²) in [6.45, 7) is 2.18. The Labute approximate surface area is 137 Å². The molecule has 2 aromatic rings. The summed E-state index contributed by atoms with van der Waals surface area (Å²) in [5, 5.41) is 17.1. The molecule has 0 aliphatic carbocycles. The van der Waals surface area contributed by atoms with E-state index in [9.17, 15) is 19.1 Å². The smallest absolute Gasteiger partial charge is 0.329 e. The van der Waals surface area contributed by atoms with Gasteiger partial charge in [0.2, 0.25) is 0 Å². The molecule has 1 aromatic heterocycles. The van der Waals surface area contributed by atoms with E-state index in [1.165, 1.54) is 34.8 Å². The second-order valence-electron chi connectivity index (χ2n) is 6.07. The van der Waals surface area contributed by atoms with E-state index in [-0.39, 0.29) is 18.1 Å². The van der Waals surface area contributed by atoms with E-state index in [0.717, 1.165) is 0 Å². The Hall–Kier alpha value is -2.77. The Kier molecular flexibility index (Phi) is 4.04. The third-order valence-electron chi connectivity index (χ3n) is 4.34. The Morgan fingerprint density at radius 1 is 1.42 bits per heavy atom. The first-order valence-electron chi connectivity index (χ1n) is 7.60. The van der Waals surface area contributed by atoms with E-state index in [1.54, 1.807) is 12.1 Å². The third-order valence-corrected chi connectivity index (χ3v) is 4.34. The summed E-state index contributed by atoms with van der Waals surface area (Å²) in [5.74, 6) is -1.83. The normalized spacial score (nSPS) is 20.3. The number of halogens is 1. The Balaban J connectivity index is 1.78. The van der Waals surface area contributed by atoms with E-state index >= 15 is 0 Å². The molecule has 1 N–H and O–H groups in total. The average molecular weight is 332 g/mol. The minimum atomic E-state index is -1.22. The second kappa shape index (κ2) is 6.03. The van der Waals surface area contributed by atoms with Crippen LogP contribution in [0.15, 0.2) is 30.5 Å². The summed E-state index contributed by atoms with van der Waals surface area (Å²) in [6, 6.07) is 6.06. The molecule has 3 rings (SSSR count). The number of carbonyl (C=O) groups excluding carboxylic acids is 1. The van der Waals surface area contributed by atoms with E-state index < -0.39 is 17.4 Å². The molecule has 1 aromatic carbocycles. The fourth-order valence-corrected chi connectivity index (χ4v) is 2.95. The summed E-state index contributed by atoms with van der Waals surface area (Å²) in [5.41, 5.74) is -0.445. The minimum Gasteiger partial charge on any atom is -0.480 e. The monoisotopic (exact) mass is 332 g/mol. The Morgan fingerprint density at radius 2 is 2.21 bits per heavy atom. The zero-order valence-electron chi connectivity index (χ0n) is 13.1. The van der Waals surface area contributed by atoms with Gasteiger partial charge in [0.25, 0.3) is 5.91 Å². The van der Waals surface area contributed by atoms with Crippen LogP contribution in [0.5, 0.6) is 0 Å². The first kappa shape index (κ1) is 16.1. The van der Waals surface area contributed by atoms with Gasteiger partial charge >= 0.3 is 5.97 Å². The van der Waals surface area contributed by atoms with Crippen molar-refractivity contribution in [1.29, 1.82) is 0 Å². The lowest BCUT2D eigenvalue weighted by Gasteiger charge is -2.30. The van der Waals surface area contributed by atoms with Gasteiger partial charge in [-0.25, -0.2) is 13.9 Å². The number of carboxylic acids is 1. The van der Waals surface area contributed by atoms with Crippen molar-refractivity contribution in [2.24, 2.45) is 0 Å². The fourth-order valence-electron chi connectivity index (χ4n) is 2.95. The van der Waals surface area contributed by atoms with E-state index in [2.05, 4.69) is 10.3 Å². The molecule has 1 atom stereocenters. The van der Waals surface area contributed by atoms with Crippen molar-refractivity contribution in [3.63, 3.8) is 0 Å². The summed E-state index contributed by atoms with van der Waals surface area (Å²) in [6.07, 6.45) is 2.49. The topological polar surface area (TPSA) is 88.3 Å². The van der Waals surface area contributed by atoms with Gasteiger partial charge in [-0.15, -0.1) is 5.10 Å². The van der Waals surface area contributed by atoms with Crippen molar-refractivity contribution < 1.29 is 19.1 Å². The molecule has 24 heavy (non-hydrogen) atoms. The quantitative estimate of drug-likeness (QED) is 0.917. The van der Waals surface area contributed by atoms with Gasteiger partial charge in [0.05, 0.1) is 12.7 Å². The number of carboxylic acid groups (broad SMARTS) is 1. The van der Waals surface area contributed by atoms with E-state index in [0.29, 0.717) is 24.9 Å². The molecular formula is C16H17FN4O3. The number of amides is 1. The van der Waals surface area contributed by atoms with Gasteiger partial charge < -0.3 is 10.0 Å². The maximum Gasteiger partial charge on any atom is 0.329 e. The van der Waals surface area contributed by atoms with Crippen LogP contribution < -0.4 is 0 Å². The first-order valence-corrected chi connectivity index (χ1v) is 7.60. The number of benzene rings is 1. The number of aromatic nitrogens is 3. The van der Waals surface area contributed by atoms with Crippen molar-refractivity contribution in [3.8, 4) is 0 Å². The van der Waals surface area contributed by atoms with Crippen LogP contribution in [0.2, 0.25) is 0 Å². The van der Waals surface area contributed by atoms with Crippen LogP contribution in [0.1, 0.15) is 35.8 Å². The second-order valence-corrected chi connectivity index (χ2v) is 6.07. The summed E-state index contributed by atoms with van der Waals surface area (Å²) >= 11 is 0. The molecule has 1 saturated heterocycles. The predicted octanol–water partition coefficient (Wildman–Crippen LogP) is 1.54. The van der Waals surface area contributed by atoms with Crippen LogP contribution >= 0.6 is 0 Å². The lowest BCUT2D eigenvalue weighted by molar-refractivity contribution is -0.147. The Bertz CT molecular complexity index is 791. The largest absolute Gasteiger partial charge is 0.480 e. The fraction of sp³-hybridized carbons (Fsp3) is 0.375. The van der Waals surface area contributed by atoms with Crippen molar-refractivity contribution in [2.75, 3.05) is 6.54 Å². The van der Waals surface area contributed by atoms with Crippen LogP contribution in [0.3, 0.4) is 0 Å². The molecule has 7 nitrogen and oxygen atoms in total. The molecule has 0 saturated carbocycles. The molecule has 2 heterocycles. The predicted molar refractivity (Wildman–Crippen MR) is 81.8 cm³/mol. The molecule has 1 fully saturated rings. The Morgan fingerprint density at radius 3 is 2.92 bits per heavy atom. The molecular weight excluding hydrogens is 315 g/mol. The number of hydrogen-bond acceptors (Lipinski definition) is 4. The third kappa shape index (κ3) is 2.86. The molecule has 1 aliphatic rings. The zero-order chi connectivity index (χ0) is 17.3. The molecule has 126 valence electrons. The van der Waals surface area contributed by atoms with Crippen LogP contribution in [-0.2, 0) is 11.3 Å². The van der Waals surface area contributed by atoms with Crippen LogP contribution in [0, 0.1) is 5.82 Å².